The fourth-order valence-electron chi connectivity index (χ4n) is 1.02. The van der Waals surface area contributed by atoms with Crippen LogP contribution in [0.3, 0.4) is 0 Å². The topological polar surface area (TPSA) is 50.2 Å². The molecule has 0 saturated carbocycles. The zero-order valence-electron chi connectivity index (χ0n) is 7.18. The molecule has 0 aliphatic rings. The molecule has 15 heavy (non-hydrogen) atoms. The van der Waals surface area contributed by atoms with Crippen LogP contribution in [0.1, 0.15) is 28.2 Å². The van der Waals surface area contributed by atoms with Gasteiger partial charge in [-0.25, -0.2) is 18.6 Å². The van der Waals surface area contributed by atoms with Crippen LogP contribution in [0.2, 0.25) is 5.02 Å². The van der Waals surface area contributed by atoms with Gasteiger partial charge < -0.3 is 5.11 Å². The van der Waals surface area contributed by atoms with Crippen molar-refractivity contribution in [3.8, 4) is 0 Å². The minimum Gasteiger partial charge on any atom is -0.478 e. The lowest BCUT2D eigenvalue weighted by Gasteiger charge is -2.07. The van der Waals surface area contributed by atoms with Gasteiger partial charge in [0.2, 0.25) is 0 Å². The van der Waals surface area contributed by atoms with E-state index in [2.05, 4.69) is 20.9 Å². The van der Waals surface area contributed by atoms with Gasteiger partial charge in [-0.15, -0.1) is 0 Å². The number of rotatable bonds is 3. The average Bonchev–Trinajstić information content (AvgIpc) is 2.15. The van der Waals surface area contributed by atoms with E-state index in [1.165, 1.54) is 0 Å². The van der Waals surface area contributed by atoms with Crippen LogP contribution < -0.4 is 0 Å². The molecule has 0 fully saturated rings. The highest BCUT2D eigenvalue weighted by atomic mass is 79.9. The third kappa shape index (κ3) is 2.63. The van der Waals surface area contributed by atoms with E-state index < -0.39 is 18.1 Å². The summed E-state index contributed by atoms with van der Waals surface area (Å²) in [5, 5.41) is 8.59. The van der Waals surface area contributed by atoms with Gasteiger partial charge in [0.15, 0.2) is 0 Å². The van der Waals surface area contributed by atoms with Crippen LogP contribution >= 0.6 is 27.5 Å². The molecule has 1 heterocycles. The summed E-state index contributed by atoms with van der Waals surface area (Å²) in [4.78, 5) is 14.3. The van der Waals surface area contributed by atoms with Crippen molar-refractivity contribution in [3.63, 3.8) is 0 Å². The zero-order valence-corrected chi connectivity index (χ0v) is 9.52. The summed E-state index contributed by atoms with van der Waals surface area (Å²) in [6, 6.07) is 0.863. The number of aromatic carboxylic acids is 1. The number of alkyl halides is 3. The Hall–Kier alpha value is -0.750. The number of halogens is 4. The predicted octanol–water partition coefficient (Wildman–Crippen LogP) is 3.27. The molecule has 0 unspecified atom stereocenters. The Morgan fingerprint density at radius 1 is 1.67 bits per heavy atom. The number of hydrogen-bond donors (Lipinski definition) is 1. The molecule has 1 rings (SSSR count). The Bertz CT molecular complexity index is 400. The molecule has 0 bridgehead atoms. The number of carboxylic acid groups (broad SMARTS) is 1. The van der Waals surface area contributed by atoms with E-state index in [1.807, 2.05) is 0 Å². The first kappa shape index (κ1) is 12.3. The summed E-state index contributed by atoms with van der Waals surface area (Å²) >= 11 is 8.54. The van der Waals surface area contributed by atoms with Crippen LogP contribution in [0.5, 0.6) is 0 Å². The summed E-state index contributed by atoms with van der Waals surface area (Å²) in [5.41, 5.74) is -0.789. The van der Waals surface area contributed by atoms with Crippen LogP contribution in [-0.2, 0) is 5.33 Å². The molecule has 1 aromatic rings. The Kier molecular flexibility index (Phi) is 3.98. The van der Waals surface area contributed by atoms with Gasteiger partial charge in [-0.05, 0) is 6.07 Å². The SMILES string of the molecule is O=C(O)c1c(Cl)cc(C(F)F)nc1CBr. The predicted molar refractivity (Wildman–Crippen MR) is 53.8 cm³/mol. The first-order chi connectivity index (χ1) is 6.97. The number of carboxylic acids is 1. The molecule has 7 heteroatoms. The molecule has 0 aromatic carbocycles. The highest BCUT2D eigenvalue weighted by Gasteiger charge is 2.20. The molecular formula is C8H5BrClF2NO2. The Morgan fingerprint density at radius 3 is 2.67 bits per heavy atom. The molecule has 0 aliphatic heterocycles. The standard InChI is InChI=1S/C8H5BrClF2NO2/c9-2-5-6(8(14)15)3(10)1-4(13-5)7(11)12/h1,7H,2H2,(H,14,15). The lowest BCUT2D eigenvalue weighted by molar-refractivity contribution is 0.0695. The quantitative estimate of drug-likeness (QED) is 0.872. The Morgan fingerprint density at radius 2 is 2.27 bits per heavy atom. The van der Waals surface area contributed by atoms with Crippen LogP contribution in [0.4, 0.5) is 8.78 Å². The number of hydrogen-bond acceptors (Lipinski definition) is 2. The molecular weight excluding hydrogens is 295 g/mol. The molecule has 0 saturated heterocycles. The number of aromatic nitrogens is 1. The maximum atomic E-state index is 12.3. The molecule has 3 nitrogen and oxygen atoms in total. The molecule has 1 N–H and O–H groups in total. The Labute approximate surface area is 97.2 Å². The minimum atomic E-state index is -2.77. The van der Waals surface area contributed by atoms with Gasteiger partial charge in [0.25, 0.3) is 6.43 Å². The second-order valence-electron chi connectivity index (χ2n) is 2.59. The largest absolute Gasteiger partial charge is 0.478 e. The van der Waals surface area contributed by atoms with E-state index in [0.29, 0.717) is 0 Å². The summed E-state index contributed by atoms with van der Waals surface area (Å²) in [7, 11) is 0. The molecule has 1 aromatic heterocycles. The van der Waals surface area contributed by atoms with Crippen molar-refractivity contribution in [1.82, 2.24) is 4.98 Å². The molecule has 0 spiro atoms. The van der Waals surface area contributed by atoms with E-state index in [0.717, 1.165) is 6.07 Å². The van der Waals surface area contributed by atoms with Gasteiger partial charge in [-0.1, -0.05) is 27.5 Å². The minimum absolute atomic E-state index is 0.00898. The number of nitrogens with zero attached hydrogens (tertiary/aromatic N) is 1. The normalized spacial score (nSPS) is 10.7. The average molecular weight is 300 g/mol. The first-order valence-corrected chi connectivity index (χ1v) is 5.24. The highest BCUT2D eigenvalue weighted by molar-refractivity contribution is 9.08. The van der Waals surface area contributed by atoms with Crippen LogP contribution in [0.25, 0.3) is 0 Å². The molecule has 0 radical (unpaired) electrons. The Balaban J connectivity index is 3.37. The van der Waals surface area contributed by atoms with E-state index >= 15 is 0 Å². The van der Waals surface area contributed by atoms with Gasteiger partial charge in [-0.3, -0.25) is 0 Å². The number of carbonyl (C=O) groups is 1. The number of pyridine rings is 1. The summed E-state index contributed by atoms with van der Waals surface area (Å²) in [6.45, 7) is 0. The third-order valence-electron chi connectivity index (χ3n) is 1.63. The lowest BCUT2D eigenvalue weighted by atomic mass is 10.2. The van der Waals surface area contributed by atoms with Crippen molar-refractivity contribution in [2.24, 2.45) is 0 Å². The van der Waals surface area contributed by atoms with Crippen molar-refractivity contribution >= 4 is 33.5 Å². The van der Waals surface area contributed by atoms with Crippen LogP contribution in [0, 0.1) is 0 Å². The zero-order chi connectivity index (χ0) is 11.6. The fourth-order valence-corrected chi connectivity index (χ4v) is 1.73. The van der Waals surface area contributed by atoms with Crippen molar-refractivity contribution in [2.45, 2.75) is 11.8 Å². The summed E-state index contributed by atoms with van der Waals surface area (Å²) in [6.07, 6.45) is -2.77. The second-order valence-corrected chi connectivity index (χ2v) is 3.56. The van der Waals surface area contributed by atoms with Gasteiger partial charge >= 0.3 is 5.97 Å². The molecule has 0 aliphatic carbocycles. The fraction of sp³-hybridized carbons (Fsp3) is 0.250. The molecule has 0 atom stereocenters. The van der Waals surface area contributed by atoms with Gasteiger partial charge in [-0.2, -0.15) is 0 Å². The highest BCUT2D eigenvalue weighted by Crippen LogP contribution is 2.26. The molecule has 82 valence electrons. The van der Waals surface area contributed by atoms with Gasteiger partial charge in [0, 0.05) is 5.33 Å². The van der Waals surface area contributed by atoms with Crippen LogP contribution in [0.15, 0.2) is 6.07 Å². The second kappa shape index (κ2) is 4.85. The van der Waals surface area contributed by atoms with Gasteiger partial charge in [0.1, 0.15) is 11.3 Å². The van der Waals surface area contributed by atoms with Crippen molar-refractivity contribution in [1.29, 1.82) is 0 Å². The first-order valence-electron chi connectivity index (χ1n) is 3.74. The van der Waals surface area contributed by atoms with Crippen molar-refractivity contribution in [3.05, 3.63) is 28.0 Å². The molecule has 0 amide bonds. The monoisotopic (exact) mass is 299 g/mol. The van der Waals surface area contributed by atoms with Crippen molar-refractivity contribution in [2.75, 3.05) is 0 Å². The van der Waals surface area contributed by atoms with Crippen LogP contribution in [-0.4, -0.2) is 16.1 Å². The van der Waals surface area contributed by atoms with Crippen molar-refractivity contribution < 1.29 is 18.7 Å². The summed E-state index contributed by atoms with van der Waals surface area (Å²) in [5.74, 6) is -1.29. The maximum absolute atomic E-state index is 12.3. The van der Waals surface area contributed by atoms with E-state index in [1.54, 1.807) is 0 Å². The third-order valence-corrected chi connectivity index (χ3v) is 2.46. The summed E-state index contributed by atoms with van der Waals surface area (Å²) < 4.78 is 24.6. The smallest absolute Gasteiger partial charge is 0.339 e. The van der Waals surface area contributed by atoms with E-state index in [4.69, 9.17) is 16.7 Å². The van der Waals surface area contributed by atoms with E-state index in [-0.39, 0.29) is 21.6 Å². The van der Waals surface area contributed by atoms with E-state index in [9.17, 15) is 13.6 Å². The maximum Gasteiger partial charge on any atom is 0.339 e. The lowest BCUT2D eigenvalue weighted by Crippen LogP contribution is -2.07. The van der Waals surface area contributed by atoms with Gasteiger partial charge in [0.05, 0.1) is 10.7 Å².